The lowest BCUT2D eigenvalue weighted by molar-refractivity contribution is -0.131. The van der Waals surface area contributed by atoms with E-state index in [1.807, 2.05) is 17.0 Å². The Bertz CT molecular complexity index is 458. The lowest BCUT2D eigenvalue weighted by Gasteiger charge is -2.32. The van der Waals surface area contributed by atoms with Gasteiger partial charge in [0.2, 0.25) is 5.91 Å². The van der Waals surface area contributed by atoms with Crippen molar-refractivity contribution in [3.63, 3.8) is 0 Å². The third kappa shape index (κ3) is 4.30. The fourth-order valence-electron chi connectivity index (χ4n) is 2.30. The zero-order chi connectivity index (χ0) is 14.5. The number of piperazine rings is 1. The normalized spacial score (nSPS) is 18.1. The lowest BCUT2D eigenvalue weighted by Crippen LogP contribution is -2.49. The molecule has 4 nitrogen and oxygen atoms in total. The monoisotopic (exact) mass is 339 g/mol. The van der Waals surface area contributed by atoms with Crippen LogP contribution in [0.4, 0.5) is 0 Å². The molecule has 1 heterocycles. The minimum absolute atomic E-state index is 0.170. The van der Waals surface area contributed by atoms with Gasteiger partial charge < -0.3 is 15.1 Å². The fraction of sp³-hybridized carbons (Fsp3) is 0.533. The van der Waals surface area contributed by atoms with Gasteiger partial charge in [0.15, 0.2) is 0 Å². The summed E-state index contributed by atoms with van der Waals surface area (Å²) in [6.45, 7) is 6.08. The molecule has 1 aliphatic rings. The van der Waals surface area contributed by atoms with Crippen LogP contribution in [0.15, 0.2) is 28.7 Å². The highest BCUT2D eigenvalue weighted by Crippen LogP contribution is 2.17. The molecule has 1 saturated heterocycles. The van der Waals surface area contributed by atoms with E-state index in [0.29, 0.717) is 6.54 Å². The van der Waals surface area contributed by atoms with E-state index in [-0.39, 0.29) is 11.9 Å². The first kappa shape index (κ1) is 15.5. The minimum atomic E-state index is 0.170. The average Bonchev–Trinajstić information content (AvgIpc) is 2.45. The van der Waals surface area contributed by atoms with Gasteiger partial charge in [-0.05, 0) is 31.7 Å². The van der Waals surface area contributed by atoms with Gasteiger partial charge >= 0.3 is 0 Å². The quantitative estimate of drug-likeness (QED) is 0.909. The Balaban J connectivity index is 1.81. The van der Waals surface area contributed by atoms with Gasteiger partial charge in [-0.25, -0.2) is 0 Å². The number of rotatable bonds is 4. The summed E-state index contributed by atoms with van der Waals surface area (Å²) in [7, 11) is 2.09. The number of likely N-dealkylation sites (N-methyl/N-ethyl adjacent to an activating group) is 1. The zero-order valence-electron chi connectivity index (χ0n) is 12.1. The first-order valence-corrected chi connectivity index (χ1v) is 7.81. The largest absolute Gasteiger partial charge is 0.339 e. The van der Waals surface area contributed by atoms with Crippen LogP contribution in [0.3, 0.4) is 0 Å². The summed E-state index contributed by atoms with van der Waals surface area (Å²) in [5.41, 5.74) is 1.19. The summed E-state index contributed by atoms with van der Waals surface area (Å²) in [5.74, 6) is 0.194. The summed E-state index contributed by atoms with van der Waals surface area (Å²) in [4.78, 5) is 16.3. The van der Waals surface area contributed by atoms with Crippen LogP contribution < -0.4 is 5.32 Å². The van der Waals surface area contributed by atoms with E-state index in [2.05, 4.69) is 52.3 Å². The van der Waals surface area contributed by atoms with Crippen LogP contribution in [0.2, 0.25) is 0 Å². The average molecular weight is 340 g/mol. The SMILES string of the molecule is C[C@H](NCC(=O)N1CCN(C)CC1)c1cccc(Br)c1. The molecule has 20 heavy (non-hydrogen) atoms. The number of halogens is 1. The second-order valence-corrected chi connectivity index (χ2v) is 6.26. The van der Waals surface area contributed by atoms with Gasteiger partial charge in [-0.3, -0.25) is 4.79 Å². The Morgan fingerprint density at radius 3 is 2.70 bits per heavy atom. The molecule has 0 radical (unpaired) electrons. The van der Waals surface area contributed by atoms with Crippen molar-refractivity contribution in [1.29, 1.82) is 0 Å². The highest BCUT2D eigenvalue weighted by Gasteiger charge is 2.19. The van der Waals surface area contributed by atoms with Gasteiger partial charge in [0, 0.05) is 36.7 Å². The van der Waals surface area contributed by atoms with Crippen molar-refractivity contribution in [3.8, 4) is 0 Å². The van der Waals surface area contributed by atoms with Crippen LogP contribution in [0.25, 0.3) is 0 Å². The molecule has 2 rings (SSSR count). The highest BCUT2D eigenvalue weighted by atomic mass is 79.9. The topological polar surface area (TPSA) is 35.6 Å². The standard InChI is InChI=1S/C15H22BrN3O/c1-12(13-4-3-5-14(16)10-13)17-11-15(20)19-8-6-18(2)7-9-19/h3-5,10,12,17H,6-9,11H2,1-2H3/t12-/m0/s1. The predicted molar refractivity (Wildman–Crippen MR) is 84.6 cm³/mol. The number of hydrogen-bond acceptors (Lipinski definition) is 3. The van der Waals surface area contributed by atoms with Crippen molar-refractivity contribution in [2.45, 2.75) is 13.0 Å². The van der Waals surface area contributed by atoms with E-state index in [1.54, 1.807) is 0 Å². The smallest absolute Gasteiger partial charge is 0.236 e. The Morgan fingerprint density at radius 1 is 1.35 bits per heavy atom. The molecule has 1 N–H and O–H groups in total. The van der Waals surface area contributed by atoms with Gasteiger partial charge in [-0.1, -0.05) is 28.1 Å². The molecular formula is C15H22BrN3O. The van der Waals surface area contributed by atoms with Crippen molar-refractivity contribution in [1.82, 2.24) is 15.1 Å². The molecule has 1 aliphatic heterocycles. The number of nitrogens with one attached hydrogen (secondary N) is 1. The minimum Gasteiger partial charge on any atom is -0.339 e. The molecule has 0 aromatic heterocycles. The maximum atomic E-state index is 12.1. The molecule has 1 aromatic rings. The molecule has 5 heteroatoms. The van der Waals surface area contributed by atoms with E-state index < -0.39 is 0 Å². The van der Waals surface area contributed by atoms with Crippen LogP contribution in [-0.2, 0) is 4.79 Å². The Labute approximate surface area is 129 Å². The second-order valence-electron chi connectivity index (χ2n) is 5.34. The van der Waals surface area contributed by atoms with Crippen molar-refractivity contribution in [2.75, 3.05) is 39.8 Å². The third-order valence-corrected chi connectivity index (χ3v) is 4.26. The number of nitrogens with zero attached hydrogens (tertiary/aromatic N) is 2. The molecule has 1 amide bonds. The van der Waals surface area contributed by atoms with Crippen molar-refractivity contribution >= 4 is 21.8 Å². The fourth-order valence-corrected chi connectivity index (χ4v) is 2.72. The number of carbonyl (C=O) groups is 1. The van der Waals surface area contributed by atoms with Gasteiger partial charge in [0.05, 0.1) is 6.54 Å². The summed E-state index contributed by atoms with van der Waals surface area (Å²) in [6.07, 6.45) is 0. The number of hydrogen-bond donors (Lipinski definition) is 1. The first-order valence-electron chi connectivity index (χ1n) is 7.01. The summed E-state index contributed by atoms with van der Waals surface area (Å²) in [6, 6.07) is 8.34. The summed E-state index contributed by atoms with van der Waals surface area (Å²) >= 11 is 3.47. The Hall–Kier alpha value is -0.910. The molecule has 1 atom stereocenters. The van der Waals surface area contributed by atoms with Crippen molar-refractivity contribution in [3.05, 3.63) is 34.3 Å². The van der Waals surface area contributed by atoms with Crippen LogP contribution in [0, 0.1) is 0 Å². The van der Waals surface area contributed by atoms with Crippen LogP contribution in [0.1, 0.15) is 18.5 Å². The summed E-state index contributed by atoms with van der Waals surface area (Å²) < 4.78 is 1.06. The van der Waals surface area contributed by atoms with Crippen LogP contribution in [0.5, 0.6) is 0 Å². The summed E-state index contributed by atoms with van der Waals surface area (Å²) in [5, 5.41) is 3.31. The molecule has 0 saturated carbocycles. The van der Waals surface area contributed by atoms with E-state index in [0.717, 1.165) is 30.7 Å². The molecule has 0 unspecified atom stereocenters. The van der Waals surface area contributed by atoms with Gasteiger partial charge in [-0.15, -0.1) is 0 Å². The van der Waals surface area contributed by atoms with Gasteiger partial charge in [-0.2, -0.15) is 0 Å². The van der Waals surface area contributed by atoms with E-state index >= 15 is 0 Å². The van der Waals surface area contributed by atoms with Crippen LogP contribution in [-0.4, -0.2) is 55.5 Å². The second kappa shape index (κ2) is 7.20. The molecular weight excluding hydrogens is 318 g/mol. The van der Waals surface area contributed by atoms with Crippen LogP contribution >= 0.6 is 15.9 Å². The molecule has 0 aliphatic carbocycles. The number of carbonyl (C=O) groups excluding carboxylic acids is 1. The third-order valence-electron chi connectivity index (χ3n) is 3.76. The van der Waals surface area contributed by atoms with E-state index in [4.69, 9.17) is 0 Å². The Kier molecular flexibility index (Phi) is 5.57. The van der Waals surface area contributed by atoms with E-state index in [1.165, 1.54) is 5.56 Å². The molecule has 1 aromatic carbocycles. The predicted octanol–water partition coefficient (Wildman–Crippen LogP) is 1.87. The maximum absolute atomic E-state index is 12.1. The van der Waals surface area contributed by atoms with E-state index in [9.17, 15) is 4.79 Å². The van der Waals surface area contributed by atoms with Gasteiger partial charge in [0.1, 0.15) is 0 Å². The molecule has 1 fully saturated rings. The lowest BCUT2D eigenvalue weighted by atomic mass is 10.1. The highest BCUT2D eigenvalue weighted by molar-refractivity contribution is 9.10. The number of benzene rings is 1. The maximum Gasteiger partial charge on any atom is 0.236 e. The molecule has 110 valence electrons. The molecule has 0 bridgehead atoms. The Morgan fingerprint density at radius 2 is 2.05 bits per heavy atom. The molecule has 0 spiro atoms. The van der Waals surface area contributed by atoms with Gasteiger partial charge in [0.25, 0.3) is 0 Å². The van der Waals surface area contributed by atoms with Crippen molar-refractivity contribution < 1.29 is 4.79 Å². The first-order chi connectivity index (χ1) is 9.56. The van der Waals surface area contributed by atoms with Crippen molar-refractivity contribution in [2.24, 2.45) is 0 Å². The zero-order valence-corrected chi connectivity index (χ0v) is 13.7. The number of amides is 1.